The lowest BCUT2D eigenvalue weighted by atomic mass is 9.49. The van der Waals surface area contributed by atoms with E-state index in [2.05, 4.69) is 5.32 Å². The van der Waals surface area contributed by atoms with Gasteiger partial charge in [0.05, 0.1) is 12.2 Å². The summed E-state index contributed by atoms with van der Waals surface area (Å²) in [5, 5.41) is 3.04. The second-order valence-electron chi connectivity index (χ2n) is 8.86. The molecule has 0 aliphatic heterocycles. The van der Waals surface area contributed by atoms with Gasteiger partial charge in [-0.25, -0.2) is 4.79 Å². The molecule has 5 rings (SSSR count). The van der Waals surface area contributed by atoms with Crippen molar-refractivity contribution in [1.82, 2.24) is 0 Å². The molecule has 1 aromatic carbocycles. The number of amides is 1. The van der Waals surface area contributed by atoms with Crippen LogP contribution in [-0.2, 0) is 9.53 Å². The summed E-state index contributed by atoms with van der Waals surface area (Å²) in [6, 6.07) is 7.02. The summed E-state index contributed by atoms with van der Waals surface area (Å²) in [7, 11) is 0. The number of carbonyl (C=O) groups excluding carboxylic acids is 2. The number of hydrogen-bond acceptors (Lipinski definition) is 3. The fourth-order valence-electron chi connectivity index (χ4n) is 6.02. The highest BCUT2D eigenvalue weighted by atomic mass is 16.5. The zero-order valence-electron chi connectivity index (χ0n) is 15.6. The van der Waals surface area contributed by atoms with Crippen LogP contribution in [0.2, 0.25) is 0 Å². The van der Waals surface area contributed by atoms with Crippen molar-refractivity contribution in [3.05, 3.63) is 29.8 Å². The zero-order valence-corrected chi connectivity index (χ0v) is 15.6. The van der Waals surface area contributed by atoms with Gasteiger partial charge in [-0.15, -0.1) is 0 Å². The van der Waals surface area contributed by atoms with E-state index < -0.39 is 0 Å². The van der Waals surface area contributed by atoms with Gasteiger partial charge in [0.2, 0.25) is 5.91 Å². The molecule has 0 radical (unpaired) electrons. The third-order valence-corrected chi connectivity index (χ3v) is 6.54. The van der Waals surface area contributed by atoms with Gasteiger partial charge in [0.15, 0.2) is 0 Å². The predicted octanol–water partition coefficient (Wildman–Crippen LogP) is 4.80. The summed E-state index contributed by atoms with van der Waals surface area (Å²) in [6.45, 7) is 2.40. The maximum atomic E-state index is 12.7. The predicted molar refractivity (Wildman–Crippen MR) is 101 cm³/mol. The first-order valence-electron chi connectivity index (χ1n) is 10.1. The summed E-state index contributed by atoms with van der Waals surface area (Å²) in [5.41, 5.74) is 1.53. The lowest BCUT2D eigenvalue weighted by Gasteiger charge is -2.56. The monoisotopic (exact) mass is 355 g/mol. The second-order valence-corrected chi connectivity index (χ2v) is 8.86. The first-order valence-corrected chi connectivity index (χ1v) is 10.1. The minimum absolute atomic E-state index is 0.119. The van der Waals surface area contributed by atoms with Gasteiger partial charge in [-0.3, -0.25) is 4.79 Å². The van der Waals surface area contributed by atoms with E-state index in [9.17, 15) is 9.59 Å². The number of hydrogen-bond donors (Lipinski definition) is 1. The molecule has 0 heterocycles. The summed E-state index contributed by atoms with van der Waals surface area (Å²) < 4.78 is 5.13. The summed E-state index contributed by atoms with van der Waals surface area (Å²) in [5.74, 6) is 2.40. The molecule has 0 saturated heterocycles. The highest BCUT2D eigenvalue weighted by Crippen LogP contribution is 2.61. The van der Waals surface area contributed by atoms with E-state index >= 15 is 0 Å². The van der Waals surface area contributed by atoms with E-state index in [-0.39, 0.29) is 17.3 Å². The molecule has 4 fully saturated rings. The molecular formula is C22H29NO3. The Hall–Kier alpha value is -1.84. The number of anilines is 1. The molecule has 4 saturated carbocycles. The van der Waals surface area contributed by atoms with Gasteiger partial charge in [-0.2, -0.15) is 0 Å². The molecule has 4 heteroatoms. The van der Waals surface area contributed by atoms with Crippen molar-refractivity contribution in [2.75, 3.05) is 11.9 Å². The van der Waals surface area contributed by atoms with Crippen LogP contribution in [0.15, 0.2) is 24.3 Å². The lowest BCUT2D eigenvalue weighted by Crippen LogP contribution is -2.47. The summed E-state index contributed by atoms with van der Waals surface area (Å²) in [6.07, 6.45) is 9.39. The molecule has 0 unspecified atom stereocenters. The molecule has 4 aliphatic carbocycles. The van der Waals surface area contributed by atoms with Crippen molar-refractivity contribution in [1.29, 1.82) is 0 Å². The molecule has 1 aromatic rings. The van der Waals surface area contributed by atoms with Gasteiger partial charge in [-0.05, 0) is 92.4 Å². The Labute approximate surface area is 155 Å². The fraction of sp³-hybridized carbons (Fsp3) is 0.636. The van der Waals surface area contributed by atoms with E-state index in [0.29, 0.717) is 18.6 Å². The number of nitrogens with one attached hydrogen (secondary N) is 1. The average Bonchev–Trinajstić information content (AvgIpc) is 2.58. The van der Waals surface area contributed by atoms with E-state index in [1.807, 2.05) is 6.92 Å². The molecule has 26 heavy (non-hydrogen) atoms. The molecular weight excluding hydrogens is 326 g/mol. The maximum Gasteiger partial charge on any atom is 0.338 e. The van der Waals surface area contributed by atoms with Gasteiger partial charge < -0.3 is 10.1 Å². The molecule has 4 nitrogen and oxygen atoms in total. The van der Waals surface area contributed by atoms with Crippen LogP contribution in [0.25, 0.3) is 0 Å². The Bertz CT molecular complexity index is 644. The molecule has 140 valence electrons. The van der Waals surface area contributed by atoms with Gasteiger partial charge in [0.25, 0.3) is 0 Å². The van der Waals surface area contributed by atoms with Gasteiger partial charge in [0, 0.05) is 12.1 Å². The smallest absolute Gasteiger partial charge is 0.338 e. The number of rotatable bonds is 6. The summed E-state index contributed by atoms with van der Waals surface area (Å²) >= 11 is 0. The number of ether oxygens (including phenoxy) is 1. The molecule has 4 aliphatic rings. The number of carbonyl (C=O) groups is 2. The first-order chi connectivity index (χ1) is 12.5. The van der Waals surface area contributed by atoms with E-state index in [1.54, 1.807) is 24.3 Å². The van der Waals surface area contributed by atoms with Crippen LogP contribution >= 0.6 is 0 Å². The van der Waals surface area contributed by atoms with Crippen molar-refractivity contribution in [3.8, 4) is 0 Å². The number of benzene rings is 1. The van der Waals surface area contributed by atoms with Crippen molar-refractivity contribution in [2.24, 2.45) is 23.2 Å². The van der Waals surface area contributed by atoms with E-state index in [0.717, 1.165) is 29.9 Å². The third-order valence-electron chi connectivity index (χ3n) is 6.54. The SMILES string of the molecule is CCCOC(=O)c1ccc(NC(=O)CC23CC4CC(CC(C4)C2)C3)cc1. The molecule has 0 atom stereocenters. The highest BCUT2D eigenvalue weighted by molar-refractivity contribution is 5.93. The molecule has 1 N–H and O–H groups in total. The normalized spacial score (nSPS) is 31.7. The largest absolute Gasteiger partial charge is 0.462 e. The molecule has 0 spiro atoms. The van der Waals surface area contributed by atoms with Crippen LogP contribution in [0, 0.1) is 23.2 Å². The van der Waals surface area contributed by atoms with Gasteiger partial charge in [0.1, 0.15) is 0 Å². The standard InChI is InChI=1S/C22H29NO3/c1-2-7-26-21(25)18-3-5-19(6-4-18)23-20(24)14-22-11-15-8-16(12-22)10-17(9-15)13-22/h3-6,15-17H,2,7-14H2,1H3,(H,23,24). The van der Waals surface area contributed by atoms with Crippen LogP contribution < -0.4 is 5.32 Å². The third kappa shape index (κ3) is 3.65. The van der Waals surface area contributed by atoms with E-state index in [1.165, 1.54) is 38.5 Å². The van der Waals surface area contributed by atoms with Crippen LogP contribution in [-0.4, -0.2) is 18.5 Å². The Morgan fingerprint density at radius 3 is 2.15 bits per heavy atom. The van der Waals surface area contributed by atoms with Crippen LogP contribution in [0.5, 0.6) is 0 Å². The summed E-state index contributed by atoms with van der Waals surface area (Å²) in [4.78, 5) is 24.5. The van der Waals surface area contributed by atoms with Crippen molar-refractivity contribution in [3.63, 3.8) is 0 Å². The Morgan fingerprint density at radius 2 is 1.62 bits per heavy atom. The maximum absolute atomic E-state index is 12.7. The van der Waals surface area contributed by atoms with Crippen LogP contribution in [0.3, 0.4) is 0 Å². The van der Waals surface area contributed by atoms with Crippen LogP contribution in [0.1, 0.15) is 68.6 Å². The highest BCUT2D eigenvalue weighted by Gasteiger charge is 2.51. The topological polar surface area (TPSA) is 55.4 Å². The Kier molecular flexibility index (Phi) is 4.76. The number of esters is 1. The van der Waals surface area contributed by atoms with Crippen molar-refractivity contribution >= 4 is 17.6 Å². The van der Waals surface area contributed by atoms with Gasteiger partial charge >= 0.3 is 5.97 Å². The molecule has 4 bridgehead atoms. The quantitative estimate of drug-likeness (QED) is 0.746. The van der Waals surface area contributed by atoms with Crippen molar-refractivity contribution in [2.45, 2.75) is 58.3 Å². The van der Waals surface area contributed by atoms with Gasteiger partial charge in [-0.1, -0.05) is 6.92 Å². The molecule has 1 amide bonds. The van der Waals surface area contributed by atoms with Crippen molar-refractivity contribution < 1.29 is 14.3 Å². The Morgan fingerprint density at radius 1 is 1.04 bits per heavy atom. The van der Waals surface area contributed by atoms with Crippen LogP contribution in [0.4, 0.5) is 5.69 Å². The fourth-order valence-corrected chi connectivity index (χ4v) is 6.02. The Balaban J connectivity index is 1.34. The first kappa shape index (κ1) is 17.6. The average molecular weight is 355 g/mol. The minimum Gasteiger partial charge on any atom is -0.462 e. The minimum atomic E-state index is -0.307. The van der Waals surface area contributed by atoms with E-state index in [4.69, 9.17) is 4.74 Å². The lowest BCUT2D eigenvalue weighted by molar-refractivity contribution is -0.124. The zero-order chi connectivity index (χ0) is 18.1. The second kappa shape index (κ2) is 7.05. The molecule has 0 aromatic heterocycles.